The minimum Gasteiger partial charge on any atom is -0.0718 e. The highest BCUT2D eigenvalue weighted by molar-refractivity contribution is 9.25. The van der Waals surface area contributed by atoms with Gasteiger partial charge in [-0.05, 0) is 41.9 Å². The van der Waals surface area contributed by atoms with Crippen LogP contribution in [0, 0.1) is 22.7 Å². The van der Waals surface area contributed by atoms with Crippen LogP contribution < -0.4 is 0 Å². The third-order valence-corrected chi connectivity index (χ3v) is 7.56. The van der Waals surface area contributed by atoms with Crippen LogP contribution in [0.1, 0.15) is 47.0 Å². The van der Waals surface area contributed by atoms with Crippen LogP contribution in [0.2, 0.25) is 0 Å². The van der Waals surface area contributed by atoms with Crippen LogP contribution in [0.4, 0.5) is 0 Å². The molecule has 0 aromatic carbocycles. The molecule has 0 N–H and O–H groups in total. The fourth-order valence-electron chi connectivity index (χ4n) is 3.09. The minimum absolute atomic E-state index is 0.257. The van der Waals surface area contributed by atoms with Gasteiger partial charge in [0.15, 0.2) is 0 Å². The van der Waals surface area contributed by atoms with Gasteiger partial charge in [0.1, 0.15) is 0 Å². The van der Waals surface area contributed by atoms with E-state index in [1.54, 1.807) is 0 Å². The van der Waals surface area contributed by atoms with Crippen LogP contribution in [0.5, 0.6) is 0 Å². The summed E-state index contributed by atoms with van der Waals surface area (Å²) in [7, 11) is 0. The second-order valence-corrected chi connectivity index (χ2v) is 10.00. The molecule has 2 aliphatic carbocycles. The normalized spacial score (nSPS) is 45.9. The fraction of sp³-hybridized carbons (Fsp3) is 1.00. The average molecular weight is 324 g/mol. The number of hydrogen-bond acceptors (Lipinski definition) is 0. The van der Waals surface area contributed by atoms with E-state index in [1.807, 2.05) is 0 Å². The molecule has 0 unspecified atom stereocenters. The van der Waals surface area contributed by atoms with Crippen molar-refractivity contribution in [1.29, 1.82) is 0 Å². The smallest absolute Gasteiger partial charge is 0.0718 e. The Morgan fingerprint density at radius 3 is 2.21 bits per heavy atom. The van der Waals surface area contributed by atoms with Crippen molar-refractivity contribution >= 4 is 31.9 Å². The Kier molecular flexibility index (Phi) is 2.45. The van der Waals surface area contributed by atoms with Crippen molar-refractivity contribution in [3.05, 3.63) is 0 Å². The Bertz CT molecular complexity index is 252. The van der Waals surface area contributed by atoms with E-state index in [2.05, 4.69) is 59.6 Å². The third-order valence-electron chi connectivity index (χ3n) is 4.64. The molecule has 3 atom stereocenters. The maximum Gasteiger partial charge on any atom is 0.0896 e. The first kappa shape index (κ1) is 11.4. The number of halogens is 2. The van der Waals surface area contributed by atoms with Gasteiger partial charge in [0.25, 0.3) is 0 Å². The zero-order valence-electron chi connectivity index (χ0n) is 9.53. The highest BCUT2D eigenvalue weighted by Crippen LogP contribution is 2.77. The molecule has 0 radical (unpaired) electrons. The van der Waals surface area contributed by atoms with Gasteiger partial charge in [-0.1, -0.05) is 59.6 Å². The summed E-state index contributed by atoms with van der Waals surface area (Å²) in [6.45, 7) is 9.56. The van der Waals surface area contributed by atoms with Crippen LogP contribution in [-0.4, -0.2) is 3.23 Å². The Morgan fingerprint density at radius 2 is 1.79 bits per heavy atom. The summed E-state index contributed by atoms with van der Waals surface area (Å²) in [6.07, 6.45) is 4.15. The van der Waals surface area contributed by atoms with Crippen molar-refractivity contribution < 1.29 is 0 Å². The van der Waals surface area contributed by atoms with Gasteiger partial charge < -0.3 is 0 Å². The molecule has 0 nitrogen and oxygen atoms in total. The zero-order valence-corrected chi connectivity index (χ0v) is 12.7. The van der Waals surface area contributed by atoms with Gasteiger partial charge >= 0.3 is 0 Å². The quantitative estimate of drug-likeness (QED) is 0.553. The minimum atomic E-state index is 0.257. The van der Waals surface area contributed by atoms with Crippen molar-refractivity contribution in [1.82, 2.24) is 0 Å². The molecule has 82 valence electrons. The molecule has 2 rings (SSSR count). The average Bonchev–Trinajstić information content (AvgIpc) is 2.44. The number of hydrogen-bond donors (Lipinski definition) is 0. The maximum atomic E-state index is 3.85. The Balaban J connectivity index is 2.09. The summed E-state index contributed by atoms with van der Waals surface area (Å²) >= 11 is 7.69. The van der Waals surface area contributed by atoms with E-state index in [-0.39, 0.29) is 3.23 Å². The van der Waals surface area contributed by atoms with Crippen LogP contribution in [0.15, 0.2) is 0 Å². The third kappa shape index (κ3) is 1.43. The summed E-state index contributed by atoms with van der Waals surface area (Å²) < 4.78 is 0.257. The Hall–Kier alpha value is 0.960. The van der Waals surface area contributed by atoms with E-state index in [1.165, 1.54) is 19.3 Å². The molecule has 0 aliphatic heterocycles. The molecule has 2 heteroatoms. The molecule has 0 spiro atoms. The SMILES string of the molecule is CC(C)(C)[C@@H]1CC[C@@]2(C)[C@H](C1)C2(Br)Br. The highest BCUT2D eigenvalue weighted by atomic mass is 79.9. The van der Waals surface area contributed by atoms with Gasteiger partial charge in [-0.2, -0.15) is 0 Å². The lowest BCUT2D eigenvalue weighted by Gasteiger charge is -2.35. The molecule has 0 bridgehead atoms. The summed E-state index contributed by atoms with van der Waals surface area (Å²) in [4.78, 5) is 0. The van der Waals surface area contributed by atoms with Crippen molar-refractivity contribution in [3.63, 3.8) is 0 Å². The van der Waals surface area contributed by atoms with Gasteiger partial charge in [0, 0.05) is 0 Å². The van der Waals surface area contributed by atoms with E-state index < -0.39 is 0 Å². The van der Waals surface area contributed by atoms with E-state index in [4.69, 9.17) is 0 Å². The van der Waals surface area contributed by atoms with Crippen LogP contribution in [0.3, 0.4) is 0 Å². The number of fused-ring (bicyclic) bond motifs is 1. The standard InChI is InChI=1S/C12H20Br2/c1-10(2,3)8-5-6-11(4)9(7-8)12(11,13)14/h8-9H,5-7H2,1-4H3/t8-,9+,11+/m1/s1. The molecule has 2 fully saturated rings. The van der Waals surface area contributed by atoms with Gasteiger partial charge in [-0.15, -0.1) is 0 Å². The lowest BCUT2D eigenvalue weighted by molar-refractivity contribution is 0.151. The summed E-state index contributed by atoms with van der Waals surface area (Å²) in [5.41, 5.74) is 1.01. The molecular weight excluding hydrogens is 304 g/mol. The van der Waals surface area contributed by atoms with Crippen molar-refractivity contribution in [3.8, 4) is 0 Å². The van der Waals surface area contributed by atoms with Gasteiger partial charge in [0.05, 0.1) is 3.23 Å². The molecule has 0 heterocycles. The number of alkyl halides is 2. The van der Waals surface area contributed by atoms with Crippen molar-refractivity contribution in [2.45, 2.75) is 50.2 Å². The fourth-order valence-corrected chi connectivity index (χ4v) is 5.19. The molecule has 0 aromatic rings. The summed E-state index contributed by atoms with van der Waals surface area (Å²) in [5, 5.41) is 0. The highest BCUT2D eigenvalue weighted by Gasteiger charge is 2.72. The summed E-state index contributed by atoms with van der Waals surface area (Å²) in [5.74, 6) is 1.74. The molecule has 2 aliphatic rings. The molecule has 2 saturated carbocycles. The van der Waals surface area contributed by atoms with E-state index >= 15 is 0 Å². The molecule has 0 aromatic heterocycles. The van der Waals surface area contributed by atoms with Crippen LogP contribution in [-0.2, 0) is 0 Å². The Labute approximate surface area is 104 Å². The largest absolute Gasteiger partial charge is 0.0896 e. The predicted molar refractivity (Wildman–Crippen MR) is 69.0 cm³/mol. The monoisotopic (exact) mass is 322 g/mol. The van der Waals surface area contributed by atoms with Crippen LogP contribution >= 0.6 is 31.9 Å². The predicted octanol–water partition coefficient (Wildman–Crippen LogP) is 4.95. The molecular formula is C12H20Br2. The molecule has 0 saturated heterocycles. The second kappa shape index (κ2) is 3.00. The first-order valence-corrected chi connectivity index (χ1v) is 7.16. The maximum absolute atomic E-state index is 3.85. The first-order valence-electron chi connectivity index (χ1n) is 5.57. The molecule has 14 heavy (non-hydrogen) atoms. The van der Waals surface area contributed by atoms with Gasteiger partial charge in [-0.3, -0.25) is 0 Å². The zero-order chi connectivity index (χ0) is 10.8. The van der Waals surface area contributed by atoms with E-state index in [0.29, 0.717) is 10.8 Å². The second-order valence-electron chi connectivity index (χ2n) is 6.43. The van der Waals surface area contributed by atoms with E-state index in [9.17, 15) is 0 Å². The van der Waals surface area contributed by atoms with Gasteiger partial charge in [-0.25, -0.2) is 0 Å². The molecule has 0 amide bonds. The van der Waals surface area contributed by atoms with E-state index in [0.717, 1.165) is 11.8 Å². The summed E-state index contributed by atoms with van der Waals surface area (Å²) in [6, 6.07) is 0. The van der Waals surface area contributed by atoms with Crippen LogP contribution in [0.25, 0.3) is 0 Å². The van der Waals surface area contributed by atoms with Gasteiger partial charge in [0.2, 0.25) is 0 Å². The van der Waals surface area contributed by atoms with Crippen molar-refractivity contribution in [2.24, 2.45) is 22.7 Å². The first-order chi connectivity index (χ1) is 6.19. The lowest BCUT2D eigenvalue weighted by atomic mass is 9.70. The number of rotatable bonds is 0. The van der Waals surface area contributed by atoms with Crippen molar-refractivity contribution in [2.75, 3.05) is 0 Å². The lowest BCUT2D eigenvalue weighted by Crippen LogP contribution is -2.25. The topological polar surface area (TPSA) is 0 Å². The Morgan fingerprint density at radius 1 is 1.21 bits per heavy atom.